The summed E-state index contributed by atoms with van der Waals surface area (Å²) in [5.74, 6) is 0.866. The topological polar surface area (TPSA) is 95.5 Å². The van der Waals surface area contributed by atoms with E-state index in [1.165, 1.54) is 5.56 Å². The Hall–Kier alpha value is -2.61. The molecule has 0 unspecified atom stereocenters. The second-order valence-corrected chi connectivity index (χ2v) is 10.2. The largest absolute Gasteiger partial charge is 0.381 e. The van der Waals surface area contributed by atoms with Crippen LogP contribution in [0.5, 0.6) is 0 Å². The molecule has 3 heterocycles. The number of aromatic nitrogens is 3. The van der Waals surface area contributed by atoms with Gasteiger partial charge < -0.3 is 19.6 Å². The van der Waals surface area contributed by atoms with E-state index >= 15 is 0 Å². The lowest BCUT2D eigenvalue weighted by Gasteiger charge is -2.55. The molecule has 0 radical (unpaired) electrons. The molecule has 1 saturated heterocycles. The SMILES string of the molecule is CC(C)c1ccc([C@](O)(c2cncc(-c3noc(C(C)(C)O)n3)c2)C2(C)CN(C)C2)cc1. The van der Waals surface area contributed by atoms with Gasteiger partial charge in [-0.15, -0.1) is 0 Å². The van der Waals surface area contributed by atoms with E-state index < -0.39 is 16.6 Å². The highest BCUT2D eigenvalue weighted by Gasteiger charge is 2.55. The molecule has 2 aromatic heterocycles. The van der Waals surface area contributed by atoms with Gasteiger partial charge in [0.05, 0.1) is 0 Å². The predicted octanol–water partition coefficient (Wildman–Crippen LogP) is 3.67. The number of nitrogens with zero attached hydrogens (tertiary/aromatic N) is 4. The lowest BCUT2D eigenvalue weighted by atomic mass is 9.62. The van der Waals surface area contributed by atoms with Crippen molar-refractivity contribution in [2.24, 2.45) is 5.41 Å². The fourth-order valence-electron chi connectivity index (χ4n) is 4.70. The molecule has 32 heavy (non-hydrogen) atoms. The van der Waals surface area contributed by atoms with E-state index in [0.29, 0.717) is 22.9 Å². The van der Waals surface area contributed by atoms with Gasteiger partial charge in [-0.1, -0.05) is 50.2 Å². The summed E-state index contributed by atoms with van der Waals surface area (Å²) in [6.45, 7) is 11.1. The molecule has 1 fully saturated rings. The van der Waals surface area contributed by atoms with Crippen molar-refractivity contribution in [1.82, 2.24) is 20.0 Å². The van der Waals surface area contributed by atoms with Crippen molar-refractivity contribution in [3.05, 3.63) is 65.3 Å². The molecule has 0 saturated carbocycles. The number of likely N-dealkylation sites (tertiary alicyclic amines) is 1. The van der Waals surface area contributed by atoms with Gasteiger partial charge in [0.2, 0.25) is 5.82 Å². The van der Waals surface area contributed by atoms with Gasteiger partial charge in [-0.25, -0.2) is 0 Å². The third-order valence-corrected chi connectivity index (χ3v) is 6.47. The maximum atomic E-state index is 12.3. The van der Waals surface area contributed by atoms with Gasteiger partial charge in [0.15, 0.2) is 0 Å². The summed E-state index contributed by atoms with van der Waals surface area (Å²) >= 11 is 0. The van der Waals surface area contributed by atoms with E-state index in [0.717, 1.165) is 18.7 Å². The van der Waals surface area contributed by atoms with Crippen molar-refractivity contribution in [2.75, 3.05) is 20.1 Å². The average molecular weight is 437 g/mol. The van der Waals surface area contributed by atoms with Crippen LogP contribution in [0.4, 0.5) is 0 Å². The Kier molecular flexibility index (Phi) is 5.48. The Balaban J connectivity index is 1.80. The maximum Gasteiger partial charge on any atom is 0.258 e. The van der Waals surface area contributed by atoms with E-state index in [2.05, 4.69) is 60.0 Å². The summed E-state index contributed by atoms with van der Waals surface area (Å²) < 4.78 is 5.23. The van der Waals surface area contributed by atoms with Crippen molar-refractivity contribution in [1.29, 1.82) is 0 Å². The monoisotopic (exact) mass is 436 g/mol. The second-order valence-electron chi connectivity index (χ2n) is 10.2. The molecule has 1 aliphatic heterocycles. The lowest BCUT2D eigenvalue weighted by Crippen LogP contribution is -2.63. The molecule has 1 aliphatic rings. The average Bonchev–Trinajstić information content (AvgIpc) is 3.23. The van der Waals surface area contributed by atoms with Crippen molar-refractivity contribution >= 4 is 0 Å². The second kappa shape index (κ2) is 7.76. The molecule has 2 N–H and O–H groups in total. The Bertz CT molecular complexity index is 1090. The Labute approximate surface area is 189 Å². The molecule has 0 aliphatic carbocycles. The third kappa shape index (κ3) is 3.74. The maximum absolute atomic E-state index is 12.3. The Morgan fingerprint density at radius 1 is 1.06 bits per heavy atom. The number of hydrogen-bond donors (Lipinski definition) is 2. The van der Waals surface area contributed by atoms with Crippen molar-refractivity contribution in [3.8, 4) is 11.4 Å². The first-order valence-electron chi connectivity index (χ1n) is 11.0. The van der Waals surface area contributed by atoms with Crippen LogP contribution in [0.15, 0.2) is 47.2 Å². The smallest absolute Gasteiger partial charge is 0.258 e. The summed E-state index contributed by atoms with van der Waals surface area (Å²) in [6, 6.07) is 10.1. The molecule has 0 amide bonds. The van der Waals surface area contributed by atoms with Gasteiger partial charge in [0, 0.05) is 42.0 Å². The van der Waals surface area contributed by atoms with Crippen LogP contribution in [-0.4, -0.2) is 50.4 Å². The molecule has 7 heteroatoms. The first kappa shape index (κ1) is 22.6. The van der Waals surface area contributed by atoms with Gasteiger partial charge in [-0.2, -0.15) is 4.98 Å². The molecule has 0 spiro atoms. The van der Waals surface area contributed by atoms with Gasteiger partial charge in [-0.05, 0) is 44.0 Å². The molecular formula is C25H32N4O3. The number of rotatable bonds is 6. The third-order valence-electron chi connectivity index (χ3n) is 6.47. The molecule has 4 rings (SSSR count). The van der Waals surface area contributed by atoms with Gasteiger partial charge >= 0.3 is 0 Å². The van der Waals surface area contributed by atoms with Crippen LogP contribution in [0.25, 0.3) is 11.4 Å². The summed E-state index contributed by atoms with van der Waals surface area (Å²) in [5.41, 5.74) is 0.482. The van der Waals surface area contributed by atoms with Crippen LogP contribution in [0.2, 0.25) is 0 Å². The van der Waals surface area contributed by atoms with Gasteiger partial charge in [0.1, 0.15) is 11.2 Å². The van der Waals surface area contributed by atoms with Crippen molar-refractivity contribution in [2.45, 2.75) is 51.7 Å². The Morgan fingerprint density at radius 3 is 2.25 bits per heavy atom. The van der Waals surface area contributed by atoms with E-state index in [-0.39, 0.29) is 5.89 Å². The van der Waals surface area contributed by atoms with E-state index in [1.54, 1.807) is 26.2 Å². The van der Waals surface area contributed by atoms with Crippen LogP contribution in [-0.2, 0) is 11.2 Å². The number of benzene rings is 1. The molecular weight excluding hydrogens is 404 g/mol. The van der Waals surface area contributed by atoms with E-state index in [9.17, 15) is 10.2 Å². The molecule has 1 aromatic carbocycles. The highest BCUT2D eigenvalue weighted by atomic mass is 16.5. The standard InChI is InChI=1S/C25H32N4O3/c1-16(2)17-7-9-19(10-8-17)25(31,24(5)14-29(6)15-24)20-11-18(12-26-13-20)21-27-22(32-28-21)23(3,4)30/h7-13,16,30-31H,14-15H2,1-6H3/t25-/m0/s1. The van der Waals surface area contributed by atoms with Gasteiger partial charge in [-0.3, -0.25) is 4.98 Å². The lowest BCUT2D eigenvalue weighted by molar-refractivity contribution is -0.127. The van der Waals surface area contributed by atoms with Crippen molar-refractivity contribution in [3.63, 3.8) is 0 Å². The molecule has 1 atom stereocenters. The quantitative estimate of drug-likeness (QED) is 0.609. The molecule has 170 valence electrons. The first-order valence-corrected chi connectivity index (χ1v) is 11.0. The minimum absolute atomic E-state index is 0.130. The molecule has 0 bridgehead atoms. The van der Waals surface area contributed by atoms with Crippen LogP contribution in [0, 0.1) is 5.41 Å². The van der Waals surface area contributed by atoms with E-state index in [4.69, 9.17) is 4.52 Å². The minimum Gasteiger partial charge on any atom is -0.381 e. The zero-order chi connectivity index (χ0) is 23.3. The number of pyridine rings is 1. The summed E-state index contributed by atoms with van der Waals surface area (Å²) in [6.07, 6.45) is 3.35. The fourth-order valence-corrected chi connectivity index (χ4v) is 4.70. The summed E-state index contributed by atoms with van der Waals surface area (Å²) in [4.78, 5) is 10.9. The van der Waals surface area contributed by atoms with Crippen LogP contribution in [0.1, 0.15) is 63.1 Å². The van der Waals surface area contributed by atoms with Crippen LogP contribution < -0.4 is 0 Å². The zero-order valence-corrected chi connectivity index (χ0v) is 19.6. The first-order chi connectivity index (χ1) is 14.9. The zero-order valence-electron chi connectivity index (χ0n) is 19.6. The predicted molar refractivity (Wildman–Crippen MR) is 122 cm³/mol. The minimum atomic E-state index is -1.25. The van der Waals surface area contributed by atoms with Crippen LogP contribution >= 0.6 is 0 Å². The van der Waals surface area contributed by atoms with Crippen LogP contribution in [0.3, 0.4) is 0 Å². The normalized spacial score (nSPS) is 18.4. The Morgan fingerprint density at radius 2 is 1.72 bits per heavy atom. The molecule has 7 nitrogen and oxygen atoms in total. The van der Waals surface area contributed by atoms with E-state index in [1.807, 2.05) is 18.2 Å². The van der Waals surface area contributed by atoms with Gasteiger partial charge in [0.25, 0.3) is 5.89 Å². The van der Waals surface area contributed by atoms with Crippen molar-refractivity contribution < 1.29 is 14.7 Å². The summed E-state index contributed by atoms with van der Waals surface area (Å²) in [7, 11) is 2.05. The number of aliphatic hydroxyl groups is 2. The summed E-state index contributed by atoms with van der Waals surface area (Å²) in [5, 5.41) is 26.5. The highest BCUT2D eigenvalue weighted by molar-refractivity contribution is 5.56. The fraction of sp³-hybridized carbons (Fsp3) is 0.480. The molecule has 3 aromatic rings. The number of hydrogen-bond acceptors (Lipinski definition) is 7. The highest BCUT2D eigenvalue weighted by Crippen LogP contribution is 2.50.